The van der Waals surface area contributed by atoms with E-state index in [1.165, 1.54) is 18.9 Å². The molecular weight excluding hydrogens is 395 g/mol. The highest BCUT2D eigenvalue weighted by Crippen LogP contribution is 2.24. The second-order valence-corrected chi connectivity index (χ2v) is 7.54. The van der Waals surface area contributed by atoms with E-state index in [2.05, 4.69) is 22.3 Å². The third-order valence-electron chi connectivity index (χ3n) is 5.35. The number of benzene rings is 2. The molecule has 0 aliphatic heterocycles. The molecule has 1 heterocycles. The molecule has 0 unspecified atom stereocenters. The van der Waals surface area contributed by atoms with Crippen molar-refractivity contribution in [2.45, 2.75) is 32.2 Å². The number of nitrogens with one attached hydrogen (secondary N) is 1. The summed E-state index contributed by atoms with van der Waals surface area (Å²) in [5, 5.41) is 6.76. The molecule has 2 aromatic carbocycles. The Labute approximate surface area is 180 Å². The van der Waals surface area contributed by atoms with Crippen LogP contribution in [-0.2, 0) is 6.54 Å². The number of hydrogen-bond donors (Lipinski definition) is 1. The summed E-state index contributed by atoms with van der Waals surface area (Å²) in [5.74, 6) is 6.73. The number of aromatic nitrogens is 1. The lowest BCUT2D eigenvalue weighted by atomic mass is 10.1. The Morgan fingerprint density at radius 2 is 2.06 bits per heavy atom. The van der Waals surface area contributed by atoms with Crippen LogP contribution in [-0.4, -0.2) is 18.2 Å². The topological polar surface area (TPSA) is 64.4 Å². The molecule has 1 saturated carbocycles. The summed E-state index contributed by atoms with van der Waals surface area (Å²) in [7, 11) is 1.60. The van der Waals surface area contributed by atoms with Gasteiger partial charge in [0.05, 0.1) is 19.2 Å². The van der Waals surface area contributed by atoms with Crippen molar-refractivity contribution in [3.8, 4) is 28.8 Å². The van der Waals surface area contributed by atoms with Gasteiger partial charge in [-0.25, -0.2) is 4.39 Å². The molecule has 158 valence electrons. The molecule has 0 atom stereocenters. The van der Waals surface area contributed by atoms with E-state index in [0.717, 1.165) is 18.4 Å². The van der Waals surface area contributed by atoms with Crippen LogP contribution in [0.25, 0.3) is 11.3 Å². The number of halogens is 1. The lowest BCUT2D eigenvalue weighted by Gasteiger charge is -2.04. The smallest absolute Gasteiger partial charge is 0.251 e. The van der Waals surface area contributed by atoms with Gasteiger partial charge in [-0.15, -0.1) is 0 Å². The quantitative estimate of drug-likeness (QED) is 0.595. The van der Waals surface area contributed by atoms with Crippen LogP contribution in [0.3, 0.4) is 0 Å². The van der Waals surface area contributed by atoms with Crippen molar-refractivity contribution < 1.29 is 18.4 Å². The van der Waals surface area contributed by atoms with Crippen LogP contribution in [0, 0.1) is 23.6 Å². The third-order valence-corrected chi connectivity index (χ3v) is 5.35. The predicted octanol–water partition coefficient (Wildman–Crippen LogP) is 4.96. The van der Waals surface area contributed by atoms with Gasteiger partial charge in [-0.3, -0.25) is 4.79 Å². The van der Waals surface area contributed by atoms with Crippen molar-refractivity contribution >= 4 is 5.91 Å². The van der Waals surface area contributed by atoms with Gasteiger partial charge in [0.15, 0.2) is 5.76 Å². The second-order valence-electron chi connectivity index (χ2n) is 7.54. The average molecular weight is 418 g/mol. The fraction of sp³-hybridized carbons (Fsp3) is 0.280. The van der Waals surface area contributed by atoms with E-state index in [9.17, 15) is 9.18 Å². The van der Waals surface area contributed by atoms with E-state index in [0.29, 0.717) is 28.7 Å². The number of hydrogen-bond acceptors (Lipinski definition) is 4. The Kier molecular flexibility index (Phi) is 6.32. The number of carbonyl (C=O) groups is 1. The average Bonchev–Trinajstić information content (AvgIpc) is 3.49. The molecule has 1 fully saturated rings. The molecule has 0 spiro atoms. The van der Waals surface area contributed by atoms with Crippen molar-refractivity contribution in [2.75, 3.05) is 7.11 Å². The standard InChI is InChI=1S/C25H23FN2O3/c1-30-21-8-4-7-19(13-21)24-15-22(31-28-24)16-27-25(29)20-12-11-18(23(26)14-20)10-9-17-5-2-3-6-17/h4,7-8,11-15,17H,2-3,5-6,16H2,1H3,(H,27,29). The predicted molar refractivity (Wildman–Crippen MR) is 115 cm³/mol. The van der Waals surface area contributed by atoms with Crippen molar-refractivity contribution in [1.82, 2.24) is 10.5 Å². The van der Waals surface area contributed by atoms with Crippen LogP contribution in [0.15, 0.2) is 53.1 Å². The number of nitrogens with zero attached hydrogens (tertiary/aromatic N) is 1. The minimum absolute atomic E-state index is 0.140. The highest BCUT2D eigenvalue weighted by Gasteiger charge is 2.13. The number of rotatable bonds is 5. The highest BCUT2D eigenvalue weighted by atomic mass is 19.1. The zero-order valence-corrected chi connectivity index (χ0v) is 17.3. The number of amides is 1. The first-order valence-corrected chi connectivity index (χ1v) is 10.3. The minimum Gasteiger partial charge on any atom is -0.497 e. The Bertz CT molecular complexity index is 1140. The van der Waals surface area contributed by atoms with Crippen LogP contribution in [0.5, 0.6) is 5.75 Å². The first-order chi connectivity index (χ1) is 15.1. The zero-order chi connectivity index (χ0) is 21.6. The molecule has 0 radical (unpaired) electrons. The van der Waals surface area contributed by atoms with Gasteiger partial charge in [-0.05, 0) is 43.2 Å². The lowest BCUT2D eigenvalue weighted by Crippen LogP contribution is -2.22. The molecule has 3 aromatic rings. The molecule has 1 aliphatic rings. The molecule has 1 aliphatic carbocycles. The Morgan fingerprint density at radius 1 is 1.23 bits per heavy atom. The summed E-state index contributed by atoms with van der Waals surface area (Å²) in [6, 6.07) is 13.5. The Morgan fingerprint density at radius 3 is 2.84 bits per heavy atom. The molecule has 4 rings (SSSR count). The maximum Gasteiger partial charge on any atom is 0.251 e. The van der Waals surface area contributed by atoms with E-state index in [4.69, 9.17) is 9.26 Å². The van der Waals surface area contributed by atoms with Gasteiger partial charge in [0.25, 0.3) is 5.91 Å². The fourth-order valence-electron chi connectivity index (χ4n) is 3.59. The van der Waals surface area contributed by atoms with Crippen LogP contribution in [0.4, 0.5) is 4.39 Å². The van der Waals surface area contributed by atoms with Gasteiger partial charge in [0.1, 0.15) is 17.3 Å². The van der Waals surface area contributed by atoms with Crippen molar-refractivity contribution in [3.05, 3.63) is 71.2 Å². The van der Waals surface area contributed by atoms with E-state index in [-0.39, 0.29) is 12.1 Å². The first kappa shape index (κ1) is 20.7. The van der Waals surface area contributed by atoms with Crippen molar-refractivity contribution in [1.29, 1.82) is 0 Å². The van der Waals surface area contributed by atoms with Crippen molar-refractivity contribution in [3.63, 3.8) is 0 Å². The van der Waals surface area contributed by atoms with Gasteiger partial charge < -0.3 is 14.6 Å². The second kappa shape index (κ2) is 9.48. The monoisotopic (exact) mass is 418 g/mol. The Hall–Kier alpha value is -3.59. The molecule has 31 heavy (non-hydrogen) atoms. The minimum atomic E-state index is -0.488. The molecule has 0 saturated heterocycles. The fourth-order valence-corrected chi connectivity index (χ4v) is 3.59. The molecule has 1 N–H and O–H groups in total. The SMILES string of the molecule is COc1cccc(-c2cc(CNC(=O)c3ccc(C#CC4CCCC4)c(F)c3)on2)c1. The van der Waals surface area contributed by atoms with Crippen LogP contribution in [0.2, 0.25) is 0 Å². The highest BCUT2D eigenvalue weighted by molar-refractivity contribution is 5.94. The van der Waals surface area contributed by atoms with Crippen LogP contribution in [0.1, 0.15) is 47.4 Å². The maximum atomic E-state index is 14.4. The lowest BCUT2D eigenvalue weighted by molar-refractivity contribution is 0.0946. The molecule has 1 amide bonds. The number of methoxy groups -OCH3 is 1. The van der Waals surface area contributed by atoms with Gasteiger partial charge >= 0.3 is 0 Å². The summed E-state index contributed by atoms with van der Waals surface area (Å²) in [5.41, 5.74) is 2.04. The van der Waals surface area contributed by atoms with E-state index < -0.39 is 11.7 Å². The molecule has 0 bridgehead atoms. The zero-order valence-electron chi connectivity index (χ0n) is 17.3. The maximum absolute atomic E-state index is 14.4. The van der Waals surface area contributed by atoms with Crippen molar-refractivity contribution in [2.24, 2.45) is 5.92 Å². The summed E-state index contributed by atoms with van der Waals surface area (Å²) in [4.78, 5) is 12.4. The van der Waals surface area contributed by atoms with E-state index in [1.54, 1.807) is 25.3 Å². The molecular formula is C25H23FN2O3. The van der Waals surface area contributed by atoms with Crippen LogP contribution < -0.4 is 10.1 Å². The molecule has 6 heteroatoms. The summed E-state index contributed by atoms with van der Waals surface area (Å²) >= 11 is 0. The first-order valence-electron chi connectivity index (χ1n) is 10.3. The summed E-state index contributed by atoms with van der Waals surface area (Å²) in [6.07, 6.45) is 4.53. The van der Waals surface area contributed by atoms with Gasteiger partial charge in [-0.1, -0.05) is 42.0 Å². The summed E-state index contributed by atoms with van der Waals surface area (Å²) in [6.45, 7) is 0.140. The van der Waals surface area contributed by atoms with Gasteiger partial charge in [0, 0.05) is 23.1 Å². The van der Waals surface area contributed by atoms with Crippen LogP contribution >= 0.6 is 0 Å². The largest absolute Gasteiger partial charge is 0.497 e. The number of carbonyl (C=O) groups excluding carboxylic acids is 1. The van der Waals surface area contributed by atoms with E-state index in [1.807, 2.05) is 24.3 Å². The molecule has 5 nitrogen and oxygen atoms in total. The molecule has 1 aromatic heterocycles. The normalized spacial score (nSPS) is 13.5. The number of ether oxygens (including phenoxy) is 1. The summed E-state index contributed by atoms with van der Waals surface area (Å²) < 4.78 is 24.9. The van der Waals surface area contributed by atoms with Gasteiger partial charge in [0.2, 0.25) is 0 Å². The third kappa shape index (κ3) is 5.13. The Balaban J connectivity index is 1.37. The van der Waals surface area contributed by atoms with E-state index >= 15 is 0 Å². The van der Waals surface area contributed by atoms with Gasteiger partial charge in [-0.2, -0.15) is 0 Å².